The van der Waals surface area contributed by atoms with Crippen LogP contribution in [-0.4, -0.2) is 11.3 Å². The summed E-state index contributed by atoms with van der Waals surface area (Å²) in [5, 5.41) is 9.19. The maximum atomic E-state index is 9.19. The van der Waals surface area contributed by atoms with Crippen LogP contribution in [0.15, 0.2) is 58.0 Å². The number of hydrogen-bond donors (Lipinski definition) is 1. The Hall–Kier alpha value is -1.61. The Bertz CT molecular complexity index is 531. The number of hydrogen-bond acceptors (Lipinski definition) is 2. The fraction of sp³-hybridized carbons (Fsp3) is 0.133. The van der Waals surface area contributed by atoms with E-state index >= 15 is 0 Å². The standard InChI is InChI=1S/C15H14BrNO/c1-11(13-4-6-14(16)7-5-13)17-10-12-2-8-15(18)9-3-12/h2-11,18H,1H3. The zero-order chi connectivity index (χ0) is 13.0. The molecule has 0 aliphatic heterocycles. The number of aliphatic imine (C=N–C) groups is 1. The van der Waals surface area contributed by atoms with Crippen molar-refractivity contribution in [1.82, 2.24) is 0 Å². The molecule has 0 saturated heterocycles. The minimum atomic E-state index is 0.118. The van der Waals surface area contributed by atoms with E-state index in [-0.39, 0.29) is 11.8 Å². The van der Waals surface area contributed by atoms with Crippen molar-refractivity contribution in [3.05, 3.63) is 64.1 Å². The number of rotatable bonds is 3. The Morgan fingerprint density at radius 3 is 2.28 bits per heavy atom. The summed E-state index contributed by atoms with van der Waals surface area (Å²) in [6.45, 7) is 2.06. The van der Waals surface area contributed by atoms with Gasteiger partial charge in [-0.3, -0.25) is 4.99 Å². The molecule has 92 valence electrons. The third-order valence-electron chi connectivity index (χ3n) is 2.69. The molecule has 0 amide bonds. The molecule has 0 aromatic heterocycles. The zero-order valence-electron chi connectivity index (χ0n) is 10.0. The first-order valence-corrected chi connectivity index (χ1v) is 6.52. The second kappa shape index (κ2) is 5.83. The van der Waals surface area contributed by atoms with Gasteiger partial charge in [0.25, 0.3) is 0 Å². The summed E-state index contributed by atoms with van der Waals surface area (Å²) < 4.78 is 1.07. The van der Waals surface area contributed by atoms with Gasteiger partial charge in [0.15, 0.2) is 0 Å². The normalized spacial score (nSPS) is 12.8. The monoisotopic (exact) mass is 303 g/mol. The summed E-state index contributed by atoms with van der Waals surface area (Å²) >= 11 is 3.41. The first kappa shape index (κ1) is 12.8. The van der Waals surface area contributed by atoms with Crippen LogP contribution in [0.1, 0.15) is 24.1 Å². The molecule has 2 rings (SSSR count). The van der Waals surface area contributed by atoms with Crippen molar-refractivity contribution >= 4 is 22.1 Å². The van der Waals surface area contributed by atoms with Gasteiger partial charge in [-0.25, -0.2) is 0 Å². The van der Waals surface area contributed by atoms with Gasteiger partial charge in [0.1, 0.15) is 5.75 Å². The minimum absolute atomic E-state index is 0.118. The van der Waals surface area contributed by atoms with Crippen LogP contribution in [0.25, 0.3) is 0 Å². The van der Waals surface area contributed by atoms with Gasteiger partial charge in [0.2, 0.25) is 0 Å². The molecule has 0 heterocycles. The highest BCUT2D eigenvalue weighted by atomic mass is 79.9. The van der Waals surface area contributed by atoms with Crippen LogP contribution in [0.2, 0.25) is 0 Å². The molecule has 18 heavy (non-hydrogen) atoms. The lowest BCUT2D eigenvalue weighted by Gasteiger charge is -2.06. The van der Waals surface area contributed by atoms with Crippen LogP contribution in [0.5, 0.6) is 5.75 Å². The van der Waals surface area contributed by atoms with Crippen LogP contribution < -0.4 is 0 Å². The van der Waals surface area contributed by atoms with Crippen LogP contribution >= 0.6 is 15.9 Å². The highest BCUT2D eigenvalue weighted by Crippen LogP contribution is 2.19. The summed E-state index contributed by atoms with van der Waals surface area (Å²) in [6.07, 6.45) is 1.83. The summed E-state index contributed by atoms with van der Waals surface area (Å²) in [4.78, 5) is 4.50. The van der Waals surface area contributed by atoms with E-state index < -0.39 is 0 Å². The van der Waals surface area contributed by atoms with Crippen molar-refractivity contribution in [2.24, 2.45) is 4.99 Å². The summed E-state index contributed by atoms with van der Waals surface area (Å²) in [5.41, 5.74) is 2.16. The van der Waals surface area contributed by atoms with Crippen LogP contribution in [0.3, 0.4) is 0 Å². The third-order valence-corrected chi connectivity index (χ3v) is 3.22. The SMILES string of the molecule is CC(N=Cc1ccc(O)cc1)c1ccc(Br)cc1. The molecular formula is C15H14BrNO. The van der Waals surface area contributed by atoms with Gasteiger partial charge in [-0.05, 0) is 54.4 Å². The maximum absolute atomic E-state index is 9.19. The first-order chi connectivity index (χ1) is 8.65. The number of halogens is 1. The molecule has 2 nitrogen and oxygen atoms in total. The largest absolute Gasteiger partial charge is 0.508 e. The van der Waals surface area contributed by atoms with E-state index in [9.17, 15) is 5.11 Å². The maximum Gasteiger partial charge on any atom is 0.115 e. The quantitative estimate of drug-likeness (QED) is 0.841. The van der Waals surface area contributed by atoms with Crippen molar-refractivity contribution < 1.29 is 5.11 Å². The van der Waals surface area contributed by atoms with Crippen LogP contribution in [0, 0.1) is 0 Å². The Balaban J connectivity index is 2.08. The van der Waals surface area contributed by atoms with E-state index in [1.165, 1.54) is 5.56 Å². The van der Waals surface area contributed by atoms with Gasteiger partial charge >= 0.3 is 0 Å². The molecule has 1 atom stereocenters. The lowest BCUT2D eigenvalue weighted by atomic mass is 10.1. The fourth-order valence-electron chi connectivity index (χ4n) is 1.59. The predicted octanol–water partition coefficient (Wildman–Crippen LogP) is 4.33. The number of benzene rings is 2. The van der Waals surface area contributed by atoms with Gasteiger partial charge in [0, 0.05) is 10.7 Å². The van der Waals surface area contributed by atoms with Crippen LogP contribution in [-0.2, 0) is 0 Å². The Labute approximate surface area is 115 Å². The predicted molar refractivity (Wildman–Crippen MR) is 78.3 cm³/mol. The molecule has 0 bridgehead atoms. The highest BCUT2D eigenvalue weighted by molar-refractivity contribution is 9.10. The van der Waals surface area contributed by atoms with Crippen molar-refractivity contribution in [2.45, 2.75) is 13.0 Å². The molecule has 0 radical (unpaired) electrons. The van der Waals surface area contributed by atoms with Gasteiger partial charge in [-0.2, -0.15) is 0 Å². The van der Waals surface area contributed by atoms with Gasteiger partial charge in [0.05, 0.1) is 6.04 Å². The van der Waals surface area contributed by atoms with Gasteiger partial charge < -0.3 is 5.11 Å². The molecule has 3 heteroatoms. The van der Waals surface area contributed by atoms with E-state index in [4.69, 9.17) is 0 Å². The molecule has 1 N–H and O–H groups in total. The first-order valence-electron chi connectivity index (χ1n) is 5.73. The number of phenolic OH excluding ortho intramolecular Hbond substituents is 1. The van der Waals surface area contributed by atoms with E-state index in [2.05, 4.69) is 40.0 Å². The molecule has 2 aromatic carbocycles. The van der Waals surface area contributed by atoms with Crippen molar-refractivity contribution in [1.29, 1.82) is 0 Å². The molecular weight excluding hydrogens is 290 g/mol. The van der Waals surface area contributed by atoms with Crippen molar-refractivity contribution in [2.75, 3.05) is 0 Å². The second-order valence-electron chi connectivity index (χ2n) is 4.10. The van der Waals surface area contributed by atoms with Crippen molar-refractivity contribution in [3.63, 3.8) is 0 Å². The number of aromatic hydroxyl groups is 1. The molecule has 2 aromatic rings. The lowest BCUT2D eigenvalue weighted by molar-refractivity contribution is 0.475. The smallest absolute Gasteiger partial charge is 0.115 e. The number of phenols is 1. The van der Waals surface area contributed by atoms with Crippen molar-refractivity contribution in [3.8, 4) is 5.75 Å². The zero-order valence-corrected chi connectivity index (χ0v) is 11.6. The van der Waals surface area contributed by atoms with Gasteiger partial charge in [-0.15, -0.1) is 0 Å². The summed E-state index contributed by atoms with van der Waals surface area (Å²) in [6, 6.07) is 15.3. The topological polar surface area (TPSA) is 32.6 Å². The molecule has 0 aliphatic rings. The lowest BCUT2D eigenvalue weighted by Crippen LogP contribution is -1.90. The number of nitrogens with zero attached hydrogens (tertiary/aromatic N) is 1. The average molecular weight is 304 g/mol. The molecule has 1 unspecified atom stereocenters. The Morgan fingerprint density at radius 2 is 1.67 bits per heavy atom. The minimum Gasteiger partial charge on any atom is -0.508 e. The van der Waals surface area contributed by atoms with Gasteiger partial charge in [-0.1, -0.05) is 28.1 Å². The third kappa shape index (κ3) is 3.44. The summed E-state index contributed by atoms with van der Waals surface area (Å²) in [5.74, 6) is 0.271. The molecule has 0 spiro atoms. The van der Waals surface area contributed by atoms with E-state index in [1.54, 1.807) is 12.1 Å². The molecule has 0 aliphatic carbocycles. The Morgan fingerprint density at radius 1 is 1.06 bits per heavy atom. The highest BCUT2D eigenvalue weighted by Gasteiger charge is 2.01. The average Bonchev–Trinajstić information content (AvgIpc) is 2.38. The fourth-order valence-corrected chi connectivity index (χ4v) is 1.85. The molecule has 0 saturated carbocycles. The summed E-state index contributed by atoms with van der Waals surface area (Å²) in [7, 11) is 0. The molecule has 0 fully saturated rings. The van der Waals surface area contributed by atoms with E-state index in [1.807, 2.05) is 30.5 Å². The Kier molecular flexibility index (Phi) is 4.15. The van der Waals surface area contributed by atoms with E-state index in [0.717, 1.165) is 10.0 Å². The second-order valence-corrected chi connectivity index (χ2v) is 5.01. The van der Waals surface area contributed by atoms with Crippen LogP contribution in [0.4, 0.5) is 0 Å². The van der Waals surface area contributed by atoms with E-state index in [0.29, 0.717) is 0 Å².